The van der Waals surface area contributed by atoms with Crippen LogP contribution in [0.1, 0.15) is 25.2 Å². The summed E-state index contributed by atoms with van der Waals surface area (Å²) in [6.07, 6.45) is 5.72. The minimum atomic E-state index is 0.668. The number of nitrogens with zero attached hydrogens (tertiary/aromatic N) is 4. The molecule has 0 spiro atoms. The number of anilines is 1. The monoisotopic (exact) mass is 287 g/mol. The summed E-state index contributed by atoms with van der Waals surface area (Å²) in [5.74, 6) is 2.66. The van der Waals surface area contributed by atoms with Crippen LogP contribution in [0.4, 0.5) is 5.82 Å². The molecule has 0 bridgehead atoms. The summed E-state index contributed by atoms with van der Waals surface area (Å²) < 4.78 is 2.03. The molecule has 0 unspecified atom stereocenters. The highest BCUT2D eigenvalue weighted by Gasteiger charge is 2.07. The van der Waals surface area contributed by atoms with E-state index in [0.29, 0.717) is 5.92 Å². The maximum atomic E-state index is 4.54. The van der Waals surface area contributed by atoms with E-state index in [9.17, 15) is 0 Å². The number of pyridine rings is 1. The van der Waals surface area contributed by atoms with Gasteiger partial charge in [-0.1, -0.05) is 19.9 Å². The van der Waals surface area contributed by atoms with Gasteiger partial charge in [-0.3, -0.25) is 0 Å². The number of hydrogen-bond donors (Lipinski definition) is 1. The predicted octanol–water partition coefficient (Wildman–Crippen LogP) is 2.20. The highest BCUT2D eigenvalue weighted by atomic mass is 15.2. The normalized spacial score (nSPS) is 11.1. The molecule has 21 heavy (non-hydrogen) atoms. The zero-order valence-corrected chi connectivity index (χ0v) is 13.4. The fourth-order valence-electron chi connectivity index (χ4n) is 2.09. The molecule has 5 heteroatoms. The lowest BCUT2D eigenvalue weighted by Gasteiger charge is -2.18. The SMILES string of the molecule is CC(C)CNCc1ccc(N(C)Cc2nccn2C)nc1. The first-order valence-electron chi connectivity index (χ1n) is 7.39. The van der Waals surface area contributed by atoms with E-state index in [-0.39, 0.29) is 0 Å². The summed E-state index contributed by atoms with van der Waals surface area (Å²) in [6.45, 7) is 7.07. The smallest absolute Gasteiger partial charge is 0.128 e. The first-order valence-corrected chi connectivity index (χ1v) is 7.39. The van der Waals surface area contributed by atoms with E-state index in [1.807, 2.05) is 37.3 Å². The minimum Gasteiger partial charge on any atom is -0.352 e. The minimum absolute atomic E-state index is 0.668. The molecule has 5 nitrogen and oxygen atoms in total. The Balaban J connectivity index is 1.90. The summed E-state index contributed by atoms with van der Waals surface area (Å²) >= 11 is 0. The summed E-state index contributed by atoms with van der Waals surface area (Å²) in [7, 11) is 4.04. The van der Waals surface area contributed by atoms with Crippen molar-refractivity contribution in [3.8, 4) is 0 Å². The van der Waals surface area contributed by atoms with Crippen LogP contribution in [-0.4, -0.2) is 28.1 Å². The van der Waals surface area contributed by atoms with E-state index in [4.69, 9.17) is 0 Å². The van der Waals surface area contributed by atoms with Gasteiger partial charge in [0.25, 0.3) is 0 Å². The van der Waals surface area contributed by atoms with Crippen LogP contribution in [0.3, 0.4) is 0 Å². The first-order chi connectivity index (χ1) is 10.1. The molecule has 114 valence electrons. The molecule has 2 aromatic heterocycles. The molecule has 0 aliphatic carbocycles. The molecule has 0 saturated heterocycles. The molecule has 0 fully saturated rings. The van der Waals surface area contributed by atoms with E-state index in [1.54, 1.807) is 0 Å². The molecule has 0 aliphatic rings. The second kappa shape index (κ2) is 7.22. The molecule has 2 heterocycles. The van der Waals surface area contributed by atoms with Crippen LogP contribution < -0.4 is 10.2 Å². The van der Waals surface area contributed by atoms with Crippen molar-refractivity contribution in [2.45, 2.75) is 26.9 Å². The van der Waals surface area contributed by atoms with Crippen LogP contribution >= 0.6 is 0 Å². The summed E-state index contributed by atoms with van der Waals surface area (Å²) in [5.41, 5.74) is 1.21. The summed E-state index contributed by atoms with van der Waals surface area (Å²) in [4.78, 5) is 11.0. The van der Waals surface area contributed by atoms with Crippen molar-refractivity contribution in [2.75, 3.05) is 18.5 Å². The van der Waals surface area contributed by atoms with Crippen molar-refractivity contribution < 1.29 is 0 Å². The van der Waals surface area contributed by atoms with Gasteiger partial charge >= 0.3 is 0 Å². The van der Waals surface area contributed by atoms with Gasteiger partial charge in [-0.05, 0) is 24.1 Å². The van der Waals surface area contributed by atoms with Crippen molar-refractivity contribution in [3.05, 3.63) is 42.1 Å². The lowest BCUT2D eigenvalue weighted by atomic mass is 10.2. The standard InChI is InChI=1S/C16H25N5/c1-13(2)9-17-10-14-5-6-15(19-11-14)21(4)12-16-18-7-8-20(16)3/h5-8,11,13,17H,9-10,12H2,1-4H3. The maximum absolute atomic E-state index is 4.54. The van der Waals surface area contributed by atoms with Crippen LogP contribution in [0.25, 0.3) is 0 Å². The lowest BCUT2D eigenvalue weighted by molar-refractivity contribution is 0.552. The van der Waals surface area contributed by atoms with Crippen molar-refractivity contribution in [1.82, 2.24) is 19.9 Å². The van der Waals surface area contributed by atoms with Gasteiger partial charge in [0.1, 0.15) is 11.6 Å². The number of rotatable bonds is 7. The maximum Gasteiger partial charge on any atom is 0.128 e. The van der Waals surface area contributed by atoms with Crippen LogP contribution in [0.5, 0.6) is 0 Å². The Bertz CT molecular complexity index is 544. The second-order valence-electron chi connectivity index (χ2n) is 5.86. The van der Waals surface area contributed by atoms with Crippen molar-refractivity contribution in [2.24, 2.45) is 13.0 Å². The number of nitrogens with one attached hydrogen (secondary N) is 1. The molecule has 0 atom stereocenters. The molecular formula is C16H25N5. The van der Waals surface area contributed by atoms with Crippen LogP contribution in [0.2, 0.25) is 0 Å². The van der Waals surface area contributed by atoms with Gasteiger partial charge in [0, 0.05) is 39.2 Å². The first kappa shape index (κ1) is 15.5. The second-order valence-corrected chi connectivity index (χ2v) is 5.86. The van der Waals surface area contributed by atoms with Gasteiger partial charge in [-0.25, -0.2) is 9.97 Å². The molecule has 0 aliphatic heterocycles. The number of aryl methyl sites for hydroxylation is 1. The van der Waals surface area contributed by atoms with Gasteiger partial charge in [0.05, 0.1) is 6.54 Å². The molecule has 1 N–H and O–H groups in total. The highest BCUT2D eigenvalue weighted by molar-refractivity contribution is 5.38. The van der Waals surface area contributed by atoms with Crippen LogP contribution in [0, 0.1) is 5.92 Å². The Labute approximate surface area is 127 Å². The van der Waals surface area contributed by atoms with E-state index in [2.05, 4.69) is 46.2 Å². The molecular weight excluding hydrogens is 262 g/mol. The molecule has 2 rings (SSSR count). The zero-order chi connectivity index (χ0) is 15.2. The third-order valence-corrected chi connectivity index (χ3v) is 3.38. The van der Waals surface area contributed by atoms with Gasteiger partial charge < -0.3 is 14.8 Å². The van der Waals surface area contributed by atoms with Gasteiger partial charge in [0.2, 0.25) is 0 Å². The number of hydrogen-bond acceptors (Lipinski definition) is 4. The van der Waals surface area contributed by atoms with Crippen molar-refractivity contribution >= 4 is 5.82 Å². The molecule has 0 radical (unpaired) electrons. The number of aromatic nitrogens is 3. The van der Waals surface area contributed by atoms with E-state index in [0.717, 1.165) is 31.3 Å². The Morgan fingerprint density at radius 2 is 2.10 bits per heavy atom. The third kappa shape index (κ3) is 4.56. The summed E-state index contributed by atoms with van der Waals surface area (Å²) in [5, 5.41) is 3.43. The fourth-order valence-corrected chi connectivity index (χ4v) is 2.09. The average molecular weight is 287 g/mol. The third-order valence-electron chi connectivity index (χ3n) is 3.38. The van der Waals surface area contributed by atoms with E-state index < -0.39 is 0 Å². The molecule has 2 aromatic rings. The fraction of sp³-hybridized carbons (Fsp3) is 0.500. The van der Waals surface area contributed by atoms with Gasteiger partial charge in [-0.15, -0.1) is 0 Å². The average Bonchev–Trinajstić information content (AvgIpc) is 2.84. The molecule has 0 amide bonds. The Morgan fingerprint density at radius 1 is 1.29 bits per heavy atom. The summed E-state index contributed by atoms with van der Waals surface area (Å²) in [6, 6.07) is 4.19. The van der Waals surface area contributed by atoms with E-state index >= 15 is 0 Å². The van der Waals surface area contributed by atoms with Gasteiger partial charge in [0.15, 0.2) is 0 Å². The van der Waals surface area contributed by atoms with Crippen molar-refractivity contribution in [3.63, 3.8) is 0 Å². The van der Waals surface area contributed by atoms with Crippen LogP contribution in [0.15, 0.2) is 30.7 Å². The zero-order valence-electron chi connectivity index (χ0n) is 13.4. The molecule has 0 saturated carbocycles. The van der Waals surface area contributed by atoms with E-state index in [1.165, 1.54) is 5.56 Å². The van der Waals surface area contributed by atoms with Crippen LogP contribution in [-0.2, 0) is 20.1 Å². The lowest BCUT2D eigenvalue weighted by Crippen LogP contribution is -2.21. The Kier molecular flexibility index (Phi) is 5.33. The quantitative estimate of drug-likeness (QED) is 0.848. The predicted molar refractivity (Wildman–Crippen MR) is 86.1 cm³/mol. The Morgan fingerprint density at radius 3 is 2.67 bits per heavy atom. The molecule has 0 aromatic carbocycles. The van der Waals surface area contributed by atoms with Gasteiger partial charge in [-0.2, -0.15) is 0 Å². The Hall–Kier alpha value is -1.88. The number of imidazole rings is 1. The topological polar surface area (TPSA) is 46.0 Å². The van der Waals surface area contributed by atoms with Crippen molar-refractivity contribution in [1.29, 1.82) is 0 Å². The highest BCUT2D eigenvalue weighted by Crippen LogP contribution is 2.12. The largest absolute Gasteiger partial charge is 0.352 e.